The number of nitrogens with zero attached hydrogens (tertiary/aromatic N) is 1. The molecule has 1 atom stereocenters. The topological polar surface area (TPSA) is 38.7 Å². The summed E-state index contributed by atoms with van der Waals surface area (Å²) < 4.78 is 7.52. The SMILES string of the molecule is O=C(CCN=S)OP.[B]. The van der Waals surface area contributed by atoms with Gasteiger partial charge in [0.05, 0.1) is 22.4 Å². The number of hydrogen-bond acceptors (Lipinski definition) is 4. The van der Waals surface area contributed by atoms with Crippen LogP contribution in [0.15, 0.2) is 4.36 Å². The van der Waals surface area contributed by atoms with Crippen molar-refractivity contribution in [2.24, 2.45) is 4.36 Å². The molecule has 9 heavy (non-hydrogen) atoms. The van der Waals surface area contributed by atoms with Gasteiger partial charge in [0.2, 0.25) is 0 Å². The number of carbonyl (C=O) groups is 1. The van der Waals surface area contributed by atoms with Crippen molar-refractivity contribution >= 4 is 36.3 Å². The summed E-state index contributed by atoms with van der Waals surface area (Å²) in [6, 6.07) is 0. The van der Waals surface area contributed by atoms with Gasteiger partial charge in [-0.1, -0.05) is 0 Å². The van der Waals surface area contributed by atoms with E-state index in [0.717, 1.165) is 0 Å². The molecule has 0 saturated heterocycles. The third kappa shape index (κ3) is 7.98. The predicted octanol–water partition coefficient (Wildman–Crippen LogP) is 0.0595. The molecule has 0 aliphatic carbocycles. The van der Waals surface area contributed by atoms with Crippen LogP contribution in [0, 0.1) is 0 Å². The molecule has 0 aliphatic heterocycles. The second-order valence-corrected chi connectivity index (χ2v) is 1.59. The van der Waals surface area contributed by atoms with Gasteiger partial charge in [-0.3, -0.25) is 4.79 Å². The van der Waals surface area contributed by atoms with Crippen molar-refractivity contribution in [3.8, 4) is 0 Å². The van der Waals surface area contributed by atoms with E-state index in [1.165, 1.54) is 0 Å². The van der Waals surface area contributed by atoms with Gasteiger partial charge in [0, 0.05) is 20.8 Å². The normalized spacial score (nSPS) is 7.22. The van der Waals surface area contributed by atoms with Crippen molar-refractivity contribution in [3.63, 3.8) is 0 Å². The van der Waals surface area contributed by atoms with Crippen molar-refractivity contribution < 1.29 is 9.32 Å². The van der Waals surface area contributed by atoms with E-state index in [0.29, 0.717) is 6.54 Å². The smallest absolute Gasteiger partial charge is 0.309 e. The second kappa shape index (κ2) is 7.98. The maximum atomic E-state index is 10.2. The summed E-state index contributed by atoms with van der Waals surface area (Å²) in [5.41, 5.74) is 0. The lowest BCUT2D eigenvalue weighted by Crippen LogP contribution is -1.97. The molecule has 49 valence electrons. The van der Waals surface area contributed by atoms with Crippen LogP contribution in [0.3, 0.4) is 0 Å². The van der Waals surface area contributed by atoms with E-state index in [4.69, 9.17) is 0 Å². The van der Waals surface area contributed by atoms with Gasteiger partial charge in [0.1, 0.15) is 0 Å². The molecule has 0 bridgehead atoms. The molecule has 0 fully saturated rings. The molecule has 3 radical (unpaired) electrons. The molecule has 0 N–H and O–H groups in total. The molecule has 0 heterocycles. The minimum Gasteiger partial charge on any atom is -0.451 e. The molecular formula is C3H6BNO2PS. The van der Waals surface area contributed by atoms with E-state index < -0.39 is 0 Å². The first-order chi connectivity index (χ1) is 3.81. The lowest BCUT2D eigenvalue weighted by Gasteiger charge is -1.90. The highest BCUT2D eigenvalue weighted by Gasteiger charge is 1.95. The Morgan fingerprint density at radius 3 is 2.67 bits per heavy atom. The largest absolute Gasteiger partial charge is 0.451 e. The fraction of sp³-hybridized carbons (Fsp3) is 0.667. The maximum absolute atomic E-state index is 10.2. The summed E-state index contributed by atoms with van der Waals surface area (Å²) in [5, 5.41) is 0. The fourth-order valence-electron chi connectivity index (χ4n) is 0.196. The average Bonchev–Trinajstić information content (AvgIpc) is 1.83. The standard InChI is InChI=1S/C3H6NO2PS.B/c5-3(6-7)1-2-4-8;/h1-2,7H2;. The first-order valence-electron chi connectivity index (χ1n) is 2.00. The van der Waals surface area contributed by atoms with Gasteiger partial charge in [-0.15, -0.1) is 0 Å². The van der Waals surface area contributed by atoms with Gasteiger partial charge >= 0.3 is 5.97 Å². The number of hydrogen-bond donors (Lipinski definition) is 0. The zero-order valence-electron chi connectivity index (χ0n) is 4.74. The molecule has 0 saturated carbocycles. The van der Waals surface area contributed by atoms with E-state index in [-0.39, 0.29) is 20.8 Å². The van der Waals surface area contributed by atoms with E-state index in [1.54, 1.807) is 0 Å². The molecular weight excluding hydrogens is 156 g/mol. The molecule has 1 unspecified atom stereocenters. The van der Waals surface area contributed by atoms with Crippen LogP contribution in [0.2, 0.25) is 0 Å². The van der Waals surface area contributed by atoms with E-state index >= 15 is 0 Å². The van der Waals surface area contributed by atoms with E-state index in [2.05, 4.69) is 21.3 Å². The number of carbonyl (C=O) groups excluding carboxylic acids is 1. The average molecular weight is 162 g/mol. The van der Waals surface area contributed by atoms with Crippen LogP contribution in [0.4, 0.5) is 0 Å². The molecule has 0 aromatic carbocycles. The van der Waals surface area contributed by atoms with Gasteiger partial charge in [-0.25, -0.2) is 4.36 Å². The number of rotatable bonds is 3. The van der Waals surface area contributed by atoms with Crippen molar-refractivity contribution in [2.45, 2.75) is 6.42 Å². The molecule has 0 amide bonds. The van der Waals surface area contributed by atoms with E-state index in [1.807, 2.05) is 9.47 Å². The summed E-state index contributed by atoms with van der Waals surface area (Å²) in [6.45, 7) is 0.364. The Morgan fingerprint density at radius 2 is 2.33 bits per heavy atom. The summed E-state index contributed by atoms with van der Waals surface area (Å²) in [6.07, 6.45) is 0.271. The van der Waals surface area contributed by atoms with E-state index in [9.17, 15) is 4.79 Å². The highest BCUT2D eigenvalue weighted by Crippen LogP contribution is 1.91. The predicted molar refractivity (Wildman–Crippen MR) is 40.8 cm³/mol. The van der Waals surface area contributed by atoms with Crippen LogP contribution < -0.4 is 0 Å². The first kappa shape index (κ1) is 11.7. The molecule has 0 rings (SSSR count). The Kier molecular flexibility index (Phi) is 10.4. The Morgan fingerprint density at radius 1 is 1.78 bits per heavy atom. The van der Waals surface area contributed by atoms with Crippen molar-refractivity contribution in [3.05, 3.63) is 0 Å². The quantitative estimate of drug-likeness (QED) is 0.435. The van der Waals surface area contributed by atoms with Gasteiger partial charge in [0.15, 0.2) is 0 Å². The van der Waals surface area contributed by atoms with Crippen molar-refractivity contribution in [1.82, 2.24) is 0 Å². The van der Waals surface area contributed by atoms with Crippen LogP contribution in [-0.2, 0) is 21.7 Å². The summed E-state index contributed by atoms with van der Waals surface area (Å²) >= 11 is 4.23. The van der Waals surface area contributed by atoms with Crippen LogP contribution in [-0.4, -0.2) is 20.9 Å². The van der Waals surface area contributed by atoms with Crippen molar-refractivity contribution in [2.75, 3.05) is 6.54 Å². The molecule has 0 spiro atoms. The van der Waals surface area contributed by atoms with Gasteiger partial charge in [-0.2, -0.15) is 0 Å². The third-order valence-corrected chi connectivity index (χ3v) is 0.984. The molecule has 0 aliphatic rings. The maximum Gasteiger partial charge on any atom is 0.309 e. The van der Waals surface area contributed by atoms with Crippen LogP contribution in [0.25, 0.3) is 0 Å². The van der Waals surface area contributed by atoms with Gasteiger partial charge < -0.3 is 4.52 Å². The Bertz CT molecular complexity index is 102. The molecule has 0 aromatic rings. The Labute approximate surface area is 63.6 Å². The summed E-state index contributed by atoms with van der Waals surface area (Å²) in [7, 11) is 1.86. The van der Waals surface area contributed by atoms with Crippen LogP contribution in [0.5, 0.6) is 0 Å². The van der Waals surface area contributed by atoms with Crippen LogP contribution in [0.1, 0.15) is 6.42 Å². The molecule has 0 aromatic heterocycles. The first-order valence-corrected chi connectivity index (χ1v) is 2.83. The Balaban J connectivity index is 0. The zero-order chi connectivity index (χ0) is 6.41. The third-order valence-electron chi connectivity index (χ3n) is 0.539. The highest BCUT2D eigenvalue weighted by atomic mass is 32.1. The second-order valence-electron chi connectivity index (χ2n) is 1.09. The van der Waals surface area contributed by atoms with Crippen LogP contribution >= 0.6 is 9.47 Å². The molecule has 3 nitrogen and oxygen atoms in total. The van der Waals surface area contributed by atoms with Gasteiger partial charge in [0.25, 0.3) is 0 Å². The summed E-state index contributed by atoms with van der Waals surface area (Å²) in [4.78, 5) is 10.2. The minimum atomic E-state index is -0.302. The Hall–Kier alpha value is -0.0151. The highest BCUT2D eigenvalue weighted by molar-refractivity contribution is 7.47. The summed E-state index contributed by atoms with van der Waals surface area (Å²) in [5.74, 6) is -0.302. The lowest BCUT2D eigenvalue weighted by molar-refractivity contribution is -0.132. The molecule has 6 heteroatoms. The monoisotopic (exact) mass is 162 g/mol. The lowest BCUT2D eigenvalue weighted by atomic mass is 10.5. The fourth-order valence-corrected chi connectivity index (χ4v) is 0.405. The van der Waals surface area contributed by atoms with Crippen molar-refractivity contribution in [1.29, 1.82) is 0 Å². The van der Waals surface area contributed by atoms with Gasteiger partial charge in [-0.05, 0) is 0 Å². The minimum absolute atomic E-state index is 0. The zero-order valence-corrected chi connectivity index (χ0v) is 6.71.